The van der Waals surface area contributed by atoms with Crippen LogP contribution >= 0.6 is 46.4 Å². The van der Waals surface area contributed by atoms with Gasteiger partial charge in [-0.05, 0) is 61.0 Å². The molecule has 0 saturated heterocycles. The van der Waals surface area contributed by atoms with E-state index in [1.165, 1.54) is 42.5 Å². The Kier molecular flexibility index (Phi) is 6.70. The van der Waals surface area contributed by atoms with Crippen molar-refractivity contribution in [3.05, 3.63) is 91.4 Å². The van der Waals surface area contributed by atoms with E-state index in [1.54, 1.807) is 19.1 Å². The first kappa shape index (κ1) is 21.5. The highest BCUT2D eigenvalue weighted by Gasteiger charge is 2.17. The lowest BCUT2D eigenvalue weighted by Gasteiger charge is -2.10. The van der Waals surface area contributed by atoms with Gasteiger partial charge in [0.1, 0.15) is 11.5 Å². The SMILES string of the molecule is Cc1cc(OC(=O)c2ccc(Cl)cc2Cl)cc(OC(=O)c2ccc(Cl)cc2Cl)c1. The molecule has 0 saturated carbocycles. The zero-order valence-corrected chi connectivity index (χ0v) is 17.9. The zero-order chi connectivity index (χ0) is 21.1. The highest BCUT2D eigenvalue weighted by atomic mass is 35.5. The molecule has 148 valence electrons. The first-order chi connectivity index (χ1) is 13.7. The average Bonchev–Trinajstić information content (AvgIpc) is 2.60. The quantitative estimate of drug-likeness (QED) is 0.303. The Hall–Kier alpha value is -2.24. The third kappa shape index (κ3) is 5.43. The summed E-state index contributed by atoms with van der Waals surface area (Å²) < 4.78 is 10.7. The number of carbonyl (C=O) groups is 2. The van der Waals surface area contributed by atoms with Crippen LogP contribution in [-0.2, 0) is 0 Å². The van der Waals surface area contributed by atoms with Gasteiger partial charge in [0.05, 0.1) is 21.2 Å². The van der Waals surface area contributed by atoms with E-state index in [-0.39, 0.29) is 32.7 Å². The number of rotatable bonds is 4. The van der Waals surface area contributed by atoms with Crippen LogP contribution < -0.4 is 9.47 Å². The fourth-order valence-electron chi connectivity index (χ4n) is 2.47. The summed E-state index contributed by atoms with van der Waals surface area (Å²) in [7, 11) is 0. The molecule has 0 N–H and O–H groups in total. The number of carbonyl (C=O) groups excluding carboxylic acids is 2. The van der Waals surface area contributed by atoms with Gasteiger partial charge in [0.2, 0.25) is 0 Å². The standard InChI is InChI=1S/C21H12Cl4O4/c1-11-6-14(28-20(26)16-4-2-12(22)8-18(16)24)10-15(7-11)29-21(27)17-5-3-13(23)9-19(17)25/h2-10H,1H3. The van der Waals surface area contributed by atoms with E-state index in [9.17, 15) is 9.59 Å². The van der Waals surface area contributed by atoms with Crippen LogP contribution in [0.3, 0.4) is 0 Å². The summed E-state index contributed by atoms with van der Waals surface area (Å²) in [5.74, 6) is -0.970. The summed E-state index contributed by atoms with van der Waals surface area (Å²) in [5.41, 5.74) is 1.02. The van der Waals surface area contributed by atoms with E-state index in [2.05, 4.69) is 0 Å². The molecule has 8 heteroatoms. The summed E-state index contributed by atoms with van der Waals surface area (Å²) in [6, 6.07) is 13.5. The Labute approximate surface area is 186 Å². The van der Waals surface area contributed by atoms with Gasteiger partial charge in [0.15, 0.2) is 0 Å². The van der Waals surface area contributed by atoms with Gasteiger partial charge < -0.3 is 9.47 Å². The molecule has 0 amide bonds. The van der Waals surface area contributed by atoms with Crippen LogP contribution in [-0.4, -0.2) is 11.9 Å². The lowest BCUT2D eigenvalue weighted by molar-refractivity contribution is 0.0733. The molecule has 0 spiro atoms. The Morgan fingerprint density at radius 1 is 0.655 bits per heavy atom. The predicted octanol–water partition coefficient (Wildman–Crippen LogP) is 7.05. The van der Waals surface area contributed by atoms with E-state index >= 15 is 0 Å². The fraction of sp³-hybridized carbons (Fsp3) is 0.0476. The van der Waals surface area contributed by atoms with Crippen molar-refractivity contribution in [2.24, 2.45) is 0 Å². The second-order valence-corrected chi connectivity index (χ2v) is 7.70. The van der Waals surface area contributed by atoms with Crippen molar-refractivity contribution in [3.63, 3.8) is 0 Å². The number of benzene rings is 3. The van der Waals surface area contributed by atoms with Crippen LogP contribution in [0.15, 0.2) is 54.6 Å². The Morgan fingerprint density at radius 2 is 1.07 bits per heavy atom. The van der Waals surface area contributed by atoms with Gasteiger partial charge >= 0.3 is 11.9 Å². The van der Waals surface area contributed by atoms with Crippen LogP contribution in [0.4, 0.5) is 0 Å². The molecule has 0 aliphatic rings. The van der Waals surface area contributed by atoms with E-state index in [0.717, 1.165) is 0 Å². The van der Waals surface area contributed by atoms with Gasteiger partial charge in [-0.1, -0.05) is 46.4 Å². The number of halogens is 4. The molecule has 0 radical (unpaired) electrons. The van der Waals surface area contributed by atoms with Gasteiger partial charge in [0.25, 0.3) is 0 Å². The maximum Gasteiger partial charge on any atom is 0.345 e. The second kappa shape index (κ2) is 9.06. The maximum atomic E-state index is 12.4. The Balaban J connectivity index is 1.80. The van der Waals surface area contributed by atoms with Crippen molar-refractivity contribution in [2.45, 2.75) is 6.92 Å². The molecule has 3 rings (SSSR count). The highest BCUT2D eigenvalue weighted by molar-refractivity contribution is 6.37. The summed E-state index contributed by atoms with van der Waals surface area (Å²) in [5, 5.41) is 1.13. The molecule has 3 aromatic carbocycles. The van der Waals surface area contributed by atoms with Crippen LogP contribution in [0.25, 0.3) is 0 Å². The van der Waals surface area contributed by atoms with Crippen molar-refractivity contribution in [1.82, 2.24) is 0 Å². The minimum absolute atomic E-state index is 0.157. The van der Waals surface area contributed by atoms with Crippen LogP contribution in [0.5, 0.6) is 11.5 Å². The minimum Gasteiger partial charge on any atom is -0.423 e. The maximum absolute atomic E-state index is 12.4. The first-order valence-electron chi connectivity index (χ1n) is 8.19. The van der Waals surface area contributed by atoms with E-state index in [0.29, 0.717) is 15.6 Å². The van der Waals surface area contributed by atoms with Gasteiger partial charge in [0, 0.05) is 16.1 Å². The monoisotopic (exact) mass is 468 g/mol. The highest BCUT2D eigenvalue weighted by Crippen LogP contribution is 2.28. The van der Waals surface area contributed by atoms with Crippen molar-refractivity contribution >= 4 is 58.3 Å². The first-order valence-corrected chi connectivity index (χ1v) is 9.70. The molecular formula is C21H12Cl4O4. The number of hydrogen-bond donors (Lipinski definition) is 0. The molecule has 0 unspecified atom stereocenters. The third-order valence-electron chi connectivity index (χ3n) is 3.75. The third-order valence-corrected chi connectivity index (χ3v) is 4.84. The lowest BCUT2D eigenvalue weighted by atomic mass is 10.2. The second-order valence-electron chi connectivity index (χ2n) is 6.01. The normalized spacial score (nSPS) is 10.5. The molecule has 4 nitrogen and oxygen atoms in total. The van der Waals surface area contributed by atoms with Crippen LogP contribution in [0.1, 0.15) is 26.3 Å². The van der Waals surface area contributed by atoms with Crippen LogP contribution in [0, 0.1) is 6.92 Å². The topological polar surface area (TPSA) is 52.6 Å². The molecule has 29 heavy (non-hydrogen) atoms. The molecule has 0 heterocycles. The molecule has 0 fully saturated rings. The number of hydrogen-bond acceptors (Lipinski definition) is 4. The van der Waals surface area contributed by atoms with Crippen molar-refractivity contribution in [2.75, 3.05) is 0 Å². The van der Waals surface area contributed by atoms with E-state index < -0.39 is 11.9 Å². The van der Waals surface area contributed by atoms with Gasteiger partial charge in [-0.25, -0.2) is 9.59 Å². The van der Waals surface area contributed by atoms with Gasteiger partial charge in [-0.2, -0.15) is 0 Å². The number of aryl methyl sites for hydroxylation is 1. The summed E-state index contributed by atoms with van der Waals surface area (Å²) in [6.45, 7) is 1.76. The van der Waals surface area contributed by atoms with Crippen LogP contribution in [0.2, 0.25) is 20.1 Å². The van der Waals surface area contributed by atoms with Crippen molar-refractivity contribution in [1.29, 1.82) is 0 Å². The summed E-state index contributed by atoms with van der Waals surface area (Å²) in [4.78, 5) is 24.8. The summed E-state index contributed by atoms with van der Waals surface area (Å²) >= 11 is 23.8. The summed E-state index contributed by atoms with van der Waals surface area (Å²) in [6.07, 6.45) is 0. The smallest absolute Gasteiger partial charge is 0.345 e. The average molecular weight is 470 g/mol. The molecule has 0 aliphatic heterocycles. The number of ether oxygens (including phenoxy) is 2. The van der Waals surface area contributed by atoms with Crippen molar-refractivity contribution in [3.8, 4) is 11.5 Å². The molecule has 0 bridgehead atoms. The lowest BCUT2D eigenvalue weighted by Crippen LogP contribution is -2.11. The zero-order valence-electron chi connectivity index (χ0n) is 14.8. The molecular weight excluding hydrogens is 458 g/mol. The fourth-order valence-corrected chi connectivity index (χ4v) is 3.44. The predicted molar refractivity (Wildman–Crippen MR) is 114 cm³/mol. The molecule has 3 aromatic rings. The van der Waals surface area contributed by atoms with Gasteiger partial charge in [-0.15, -0.1) is 0 Å². The Morgan fingerprint density at radius 3 is 1.45 bits per heavy atom. The molecule has 0 aliphatic carbocycles. The van der Waals surface area contributed by atoms with Crippen molar-refractivity contribution < 1.29 is 19.1 Å². The van der Waals surface area contributed by atoms with E-state index in [4.69, 9.17) is 55.9 Å². The van der Waals surface area contributed by atoms with Gasteiger partial charge in [-0.3, -0.25) is 0 Å². The largest absolute Gasteiger partial charge is 0.423 e. The molecule has 0 atom stereocenters. The van der Waals surface area contributed by atoms with E-state index in [1.807, 2.05) is 0 Å². The number of esters is 2. The molecule has 0 aromatic heterocycles. The minimum atomic E-state index is -0.671. The Bertz CT molecular complexity index is 1030.